The molecule has 0 amide bonds. The van der Waals surface area contributed by atoms with Crippen molar-refractivity contribution in [1.82, 2.24) is 14.1 Å². The van der Waals surface area contributed by atoms with Crippen molar-refractivity contribution in [3.8, 4) is 0 Å². The third-order valence-electron chi connectivity index (χ3n) is 4.52. The summed E-state index contributed by atoms with van der Waals surface area (Å²) >= 11 is 0. The third kappa shape index (κ3) is 8.11. The number of morpholine rings is 2. The average Bonchev–Trinajstić information content (AvgIpc) is 2.60. The Morgan fingerprint density at radius 3 is 1.92 bits per heavy atom. The first kappa shape index (κ1) is 21.9. The van der Waals surface area contributed by atoms with Gasteiger partial charge in [-0.3, -0.25) is 14.4 Å². The Hall–Kier alpha value is -0.370. The molecule has 2 rings (SSSR count). The summed E-state index contributed by atoms with van der Waals surface area (Å²) in [6.07, 6.45) is -1.13. The van der Waals surface area contributed by atoms with Gasteiger partial charge in [-0.1, -0.05) is 0 Å². The minimum Gasteiger partial charge on any atom is -0.389 e. The Labute approximate surface area is 155 Å². The van der Waals surface area contributed by atoms with Gasteiger partial charge < -0.3 is 19.3 Å². The van der Waals surface area contributed by atoms with Crippen LogP contribution in [0.2, 0.25) is 0 Å². The standard InChI is InChI=1S/C15H31N3O7S/c1-16(26(20,21)22)10-14(19)13-25-15(11-17-2-6-23-7-3-17)12-18-4-8-24-9-5-18/h14-15,19H,2-13H2,1H3,(H,20,21,22). The molecule has 26 heavy (non-hydrogen) atoms. The quantitative estimate of drug-likeness (QED) is 0.410. The van der Waals surface area contributed by atoms with E-state index in [0.29, 0.717) is 30.7 Å². The van der Waals surface area contributed by atoms with Gasteiger partial charge in [-0.05, 0) is 0 Å². The zero-order valence-electron chi connectivity index (χ0n) is 15.3. The summed E-state index contributed by atoms with van der Waals surface area (Å²) in [7, 11) is -3.10. The molecule has 0 bridgehead atoms. The second kappa shape index (κ2) is 10.8. The molecule has 2 fully saturated rings. The number of aliphatic hydroxyl groups excluding tert-OH is 1. The van der Waals surface area contributed by atoms with E-state index in [0.717, 1.165) is 39.3 Å². The zero-order valence-corrected chi connectivity index (χ0v) is 16.1. The first-order valence-electron chi connectivity index (χ1n) is 8.93. The van der Waals surface area contributed by atoms with Crippen LogP contribution in [0.4, 0.5) is 0 Å². The highest BCUT2D eigenvalue weighted by atomic mass is 32.2. The van der Waals surface area contributed by atoms with Gasteiger partial charge in [0.15, 0.2) is 0 Å². The van der Waals surface area contributed by atoms with E-state index in [4.69, 9.17) is 18.8 Å². The molecule has 0 aromatic carbocycles. The van der Waals surface area contributed by atoms with Gasteiger partial charge in [0.1, 0.15) is 0 Å². The molecule has 2 aliphatic rings. The van der Waals surface area contributed by atoms with E-state index in [1.807, 2.05) is 0 Å². The normalized spacial score (nSPS) is 22.2. The van der Waals surface area contributed by atoms with Gasteiger partial charge in [0, 0.05) is 52.9 Å². The molecule has 2 N–H and O–H groups in total. The highest BCUT2D eigenvalue weighted by Crippen LogP contribution is 2.07. The van der Waals surface area contributed by atoms with Gasteiger partial charge in [-0.25, -0.2) is 0 Å². The lowest BCUT2D eigenvalue weighted by atomic mass is 10.2. The van der Waals surface area contributed by atoms with Crippen LogP contribution < -0.4 is 0 Å². The Morgan fingerprint density at radius 1 is 1.04 bits per heavy atom. The van der Waals surface area contributed by atoms with Crippen molar-refractivity contribution in [1.29, 1.82) is 0 Å². The zero-order chi connectivity index (χ0) is 19.0. The molecule has 2 saturated heterocycles. The van der Waals surface area contributed by atoms with E-state index in [2.05, 4.69) is 9.80 Å². The van der Waals surface area contributed by atoms with Gasteiger partial charge in [-0.15, -0.1) is 0 Å². The van der Waals surface area contributed by atoms with Gasteiger partial charge in [0.05, 0.1) is 45.2 Å². The molecule has 1 atom stereocenters. The highest BCUT2D eigenvalue weighted by molar-refractivity contribution is 7.83. The molecule has 0 spiro atoms. The van der Waals surface area contributed by atoms with Crippen molar-refractivity contribution in [3.63, 3.8) is 0 Å². The van der Waals surface area contributed by atoms with Crippen LogP contribution in [0.15, 0.2) is 0 Å². The van der Waals surface area contributed by atoms with Crippen LogP contribution in [-0.2, 0) is 24.5 Å². The molecule has 154 valence electrons. The van der Waals surface area contributed by atoms with E-state index in [9.17, 15) is 13.5 Å². The van der Waals surface area contributed by atoms with Crippen LogP contribution in [0.1, 0.15) is 0 Å². The van der Waals surface area contributed by atoms with Crippen LogP contribution in [0.5, 0.6) is 0 Å². The number of aliphatic hydroxyl groups is 1. The summed E-state index contributed by atoms with van der Waals surface area (Å²) < 4.78 is 48.3. The van der Waals surface area contributed by atoms with Crippen LogP contribution in [0.3, 0.4) is 0 Å². The van der Waals surface area contributed by atoms with Gasteiger partial charge in [0.2, 0.25) is 0 Å². The minimum absolute atomic E-state index is 0.000787. The molecule has 1 unspecified atom stereocenters. The van der Waals surface area contributed by atoms with E-state index >= 15 is 0 Å². The number of nitrogens with zero attached hydrogens (tertiary/aromatic N) is 3. The molecule has 0 radical (unpaired) electrons. The fourth-order valence-corrected chi connectivity index (χ4v) is 3.36. The molecule has 0 saturated carbocycles. The Kier molecular flexibility index (Phi) is 9.14. The number of hydrogen-bond acceptors (Lipinski definition) is 8. The predicted octanol–water partition coefficient (Wildman–Crippen LogP) is -1.87. The smallest absolute Gasteiger partial charge is 0.335 e. The lowest BCUT2D eigenvalue weighted by Gasteiger charge is -2.35. The van der Waals surface area contributed by atoms with Crippen molar-refractivity contribution in [2.45, 2.75) is 12.2 Å². The maximum atomic E-state index is 11.0. The Bertz CT molecular complexity index is 475. The van der Waals surface area contributed by atoms with Crippen molar-refractivity contribution >= 4 is 10.3 Å². The molecule has 0 aromatic rings. The summed E-state index contributed by atoms with van der Waals surface area (Å²) in [6.45, 7) is 7.40. The molecular formula is C15H31N3O7S. The number of rotatable bonds is 10. The fraction of sp³-hybridized carbons (Fsp3) is 1.00. The number of hydrogen-bond donors (Lipinski definition) is 2. The van der Waals surface area contributed by atoms with E-state index < -0.39 is 16.4 Å². The lowest BCUT2D eigenvalue weighted by Crippen LogP contribution is -2.48. The largest absolute Gasteiger partial charge is 0.389 e. The van der Waals surface area contributed by atoms with Gasteiger partial charge in [-0.2, -0.15) is 12.7 Å². The third-order valence-corrected chi connectivity index (χ3v) is 5.45. The first-order chi connectivity index (χ1) is 12.3. The van der Waals surface area contributed by atoms with Gasteiger partial charge >= 0.3 is 10.3 Å². The van der Waals surface area contributed by atoms with Crippen LogP contribution in [0, 0.1) is 0 Å². The summed E-state index contributed by atoms with van der Waals surface area (Å²) in [5.74, 6) is 0. The number of likely N-dealkylation sites (N-methyl/N-ethyl adjacent to an activating group) is 1. The first-order valence-corrected chi connectivity index (χ1v) is 10.3. The number of ether oxygens (including phenoxy) is 3. The monoisotopic (exact) mass is 397 g/mol. The summed E-state index contributed by atoms with van der Waals surface area (Å²) in [4.78, 5) is 4.54. The SMILES string of the molecule is CN(CC(O)COC(CN1CCOCC1)CN1CCOCC1)S(=O)(=O)O. The van der Waals surface area contributed by atoms with Crippen molar-refractivity contribution in [2.24, 2.45) is 0 Å². The van der Waals surface area contributed by atoms with E-state index in [1.165, 1.54) is 7.05 Å². The summed E-state index contributed by atoms with van der Waals surface area (Å²) in [6, 6.07) is 0. The minimum atomic E-state index is -4.31. The average molecular weight is 397 g/mol. The second-order valence-corrected chi connectivity index (χ2v) is 8.21. The van der Waals surface area contributed by atoms with Crippen molar-refractivity contribution < 1.29 is 32.3 Å². The van der Waals surface area contributed by atoms with Crippen LogP contribution in [-0.4, -0.2) is 130 Å². The van der Waals surface area contributed by atoms with Gasteiger partial charge in [0.25, 0.3) is 0 Å². The van der Waals surface area contributed by atoms with Crippen molar-refractivity contribution in [2.75, 3.05) is 85.9 Å². The molecule has 0 aliphatic carbocycles. The summed E-state index contributed by atoms with van der Waals surface area (Å²) in [5, 5.41) is 10.0. The Morgan fingerprint density at radius 2 is 1.50 bits per heavy atom. The van der Waals surface area contributed by atoms with Crippen molar-refractivity contribution in [3.05, 3.63) is 0 Å². The molecule has 0 aromatic heterocycles. The molecule has 11 heteroatoms. The van der Waals surface area contributed by atoms with E-state index in [-0.39, 0.29) is 19.3 Å². The van der Waals surface area contributed by atoms with E-state index in [1.54, 1.807) is 0 Å². The molecular weight excluding hydrogens is 366 g/mol. The fourth-order valence-electron chi connectivity index (χ4n) is 3.00. The molecule has 10 nitrogen and oxygen atoms in total. The summed E-state index contributed by atoms with van der Waals surface area (Å²) in [5.41, 5.74) is 0. The Balaban J connectivity index is 1.83. The van der Waals surface area contributed by atoms with Crippen LogP contribution in [0.25, 0.3) is 0 Å². The topological polar surface area (TPSA) is 112 Å². The molecule has 2 aliphatic heterocycles. The maximum absolute atomic E-state index is 11.0. The van der Waals surface area contributed by atoms with Crippen LogP contribution >= 0.6 is 0 Å². The second-order valence-electron chi connectivity index (χ2n) is 6.69. The predicted molar refractivity (Wildman–Crippen MR) is 94.4 cm³/mol. The lowest BCUT2D eigenvalue weighted by molar-refractivity contribution is -0.0615. The molecule has 2 heterocycles. The maximum Gasteiger partial charge on any atom is 0.335 e. The highest BCUT2D eigenvalue weighted by Gasteiger charge is 2.23.